The lowest BCUT2D eigenvalue weighted by atomic mass is 9.57. The fourth-order valence-electron chi connectivity index (χ4n) is 7.51. The van der Waals surface area contributed by atoms with Gasteiger partial charge in [-0.15, -0.1) is 0 Å². The summed E-state index contributed by atoms with van der Waals surface area (Å²) in [6.07, 6.45) is 18.3. The molecular weight excluding hydrogens is 326 g/mol. The van der Waals surface area contributed by atoms with Crippen molar-refractivity contribution in [2.75, 3.05) is 0 Å². The molecule has 2 bridgehead atoms. The van der Waals surface area contributed by atoms with Crippen molar-refractivity contribution in [3.63, 3.8) is 0 Å². The first-order valence-electron chi connectivity index (χ1n) is 11.3. The highest BCUT2D eigenvalue weighted by Crippen LogP contribution is 2.58. The first kappa shape index (κ1) is 18.0. The fraction of sp³-hybridized carbons (Fsp3) is 0.692. The quantitative estimate of drug-likeness (QED) is 0.553. The normalized spacial score (nSPS) is 48.3. The van der Waals surface area contributed by atoms with E-state index in [4.69, 9.17) is 0 Å². The van der Waals surface area contributed by atoms with Crippen molar-refractivity contribution in [3.05, 3.63) is 47.1 Å². The van der Waals surface area contributed by atoms with Gasteiger partial charge in [0.2, 0.25) is 0 Å². The maximum absolute atomic E-state index is 4.26. The van der Waals surface area contributed by atoms with Crippen molar-refractivity contribution in [1.82, 2.24) is 5.32 Å². The van der Waals surface area contributed by atoms with Crippen LogP contribution in [0.5, 0.6) is 0 Å². The Labute approximate surface area is 166 Å². The van der Waals surface area contributed by atoms with E-state index in [0.717, 1.165) is 11.8 Å². The number of piperidine rings is 1. The molecule has 0 radical (unpaired) electrons. The van der Waals surface area contributed by atoms with E-state index in [1.54, 1.807) is 16.7 Å². The van der Waals surface area contributed by atoms with Gasteiger partial charge in [-0.1, -0.05) is 48.5 Å². The first-order valence-corrected chi connectivity index (χ1v) is 11.3. The standard InChI is InChI=1S/C26H37N/c1-17(2)19-8-11-24(4)16-22(14-18(3)23(24)15-19)26-12-9-20-6-7-21(10-13-26)25(20,5)27-26/h9,12,14,19-21,27H,1,6-8,10-11,13,15-16H2,2-5H3/t19-,20-,21+,24+,25+,26-/m1/s1. The molecule has 2 heterocycles. The molecule has 146 valence electrons. The summed E-state index contributed by atoms with van der Waals surface area (Å²) in [7, 11) is 0. The van der Waals surface area contributed by atoms with Gasteiger partial charge < -0.3 is 0 Å². The van der Waals surface area contributed by atoms with Crippen LogP contribution in [0.15, 0.2) is 47.1 Å². The van der Waals surface area contributed by atoms with E-state index in [9.17, 15) is 0 Å². The Hall–Kier alpha value is -1.08. The highest BCUT2D eigenvalue weighted by molar-refractivity contribution is 5.47. The van der Waals surface area contributed by atoms with E-state index in [-0.39, 0.29) is 5.54 Å². The van der Waals surface area contributed by atoms with Gasteiger partial charge in [0.15, 0.2) is 0 Å². The molecule has 0 aromatic heterocycles. The molecule has 2 aliphatic heterocycles. The Bertz CT molecular complexity index is 782. The molecule has 0 amide bonds. The zero-order valence-corrected chi connectivity index (χ0v) is 17.8. The average molecular weight is 364 g/mol. The summed E-state index contributed by atoms with van der Waals surface area (Å²) in [5.41, 5.74) is 7.12. The smallest absolute Gasteiger partial charge is 0.0587 e. The van der Waals surface area contributed by atoms with Crippen molar-refractivity contribution in [3.8, 4) is 0 Å². The molecule has 6 atom stereocenters. The van der Waals surface area contributed by atoms with Crippen molar-refractivity contribution in [2.45, 2.75) is 90.1 Å². The van der Waals surface area contributed by atoms with Gasteiger partial charge in [0, 0.05) is 5.54 Å². The van der Waals surface area contributed by atoms with Crippen LogP contribution in [-0.2, 0) is 0 Å². The third-order valence-electron chi connectivity index (χ3n) is 9.38. The predicted molar refractivity (Wildman–Crippen MR) is 115 cm³/mol. The second-order valence-corrected chi connectivity index (χ2v) is 11.0. The molecule has 0 spiro atoms. The lowest BCUT2D eigenvalue weighted by Crippen LogP contribution is -2.66. The van der Waals surface area contributed by atoms with Crippen molar-refractivity contribution >= 4 is 0 Å². The van der Waals surface area contributed by atoms with Crippen molar-refractivity contribution in [1.29, 1.82) is 0 Å². The number of allylic oxidation sites excluding steroid dienone is 4. The molecule has 5 rings (SSSR count). The van der Waals surface area contributed by atoms with Gasteiger partial charge in [-0.3, -0.25) is 5.32 Å². The first-order chi connectivity index (χ1) is 12.8. The van der Waals surface area contributed by atoms with E-state index in [1.165, 1.54) is 56.9 Å². The number of hydrogen-bond donors (Lipinski definition) is 1. The summed E-state index contributed by atoms with van der Waals surface area (Å²) in [5, 5.41) is 4.24. The molecule has 1 heteroatoms. The third-order valence-corrected chi connectivity index (χ3v) is 9.38. The van der Waals surface area contributed by atoms with Gasteiger partial charge in [-0.05, 0) is 101 Å². The Balaban J connectivity index is 1.53. The molecule has 1 saturated heterocycles. The molecule has 1 N–H and O–H groups in total. The van der Waals surface area contributed by atoms with Crippen LogP contribution in [0.2, 0.25) is 0 Å². The Morgan fingerprint density at radius 2 is 1.96 bits per heavy atom. The summed E-state index contributed by atoms with van der Waals surface area (Å²) in [6, 6.07) is 0. The van der Waals surface area contributed by atoms with Crippen molar-refractivity contribution < 1.29 is 0 Å². The van der Waals surface area contributed by atoms with Gasteiger partial charge in [0.05, 0.1) is 5.54 Å². The lowest BCUT2D eigenvalue weighted by Gasteiger charge is -2.56. The summed E-state index contributed by atoms with van der Waals surface area (Å²) in [6.45, 7) is 13.9. The summed E-state index contributed by atoms with van der Waals surface area (Å²) < 4.78 is 0. The highest BCUT2D eigenvalue weighted by atomic mass is 15.1. The number of fused-ring (bicyclic) bond motifs is 2. The SMILES string of the molecule is C=C(C)[C@@H]1CC[C@@]2(C)CC([C@@]34C=C[C@H]5CC[C@@H](CC3)[C@@]5(C)N4)=CC(C)=C2C1. The zero-order chi connectivity index (χ0) is 19.0. The largest absolute Gasteiger partial charge is 0.298 e. The average Bonchev–Trinajstić information content (AvgIpc) is 3.00. The van der Waals surface area contributed by atoms with Gasteiger partial charge in [0.25, 0.3) is 0 Å². The molecule has 0 aromatic carbocycles. The van der Waals surface area contributed by atoms with Crippen LogP contribution in [0.1, 0.15) is 79.1 Å². The van der Waals surface area contributed by atoms with Crippen LogP contribution in [0, 0.1) is 23.2 Å². The van der Waals surface area contributed by atoms with Crippen molar-refractivity contribution in [2.24, 2.45) is 23.2 Å². The molecule has 3 fully saturated rings. The minimum atomic E-state index is 0.118. The molecule has 1 nitrogen and oxygen atoms in total. The van der Waals surface area contributed by atoms with Crippen LogP contribution in [-0.4, -0.2) is 11.1 Å². The summed E-state index contributed by atoms with van der Waals surface area (Å²) in [4.78, 5) is 0. The molecule has 2 saturated carbocycles. The minimum absolute atomic E-state index is 0.118. The van der Waals surface area contributed by atoms with E-state index < -0.39 is 0 Å². The molecular formula is C26H37N. The zero-order valence-electron chi connectivity index (χ0n) is 17.8. The van der Waals surface area contributed by atoms with E-state index in [1.807, 2.05) is 0 Å². The van der Waals surface area contributed by atoms with Crippen LogP contribution in [0.4, 0.5) is 0 Å². The molecule has 0 aromatic rings. The Morgan fingerprint density at radius 3 is 2.74 bits per heavy atom. The number of hydrogen-bond acceptors (Lipinski definition) is 1. The van der Waals surface area contributed by atoms with E-state index in [0.29, 0.717) is 16.9 Å². The maximum Gasteiger partial charge on any atom is 0.0587 e. The Kier molecular flexibility index (Phi) is 3.81. The molecule has 0 unspecified atom stereocenters. The minimum Gasteiger partial charge on any atom is -0.298 e. The molecule has 27 heavy (non-hydrogen) atoms. The Morgan fingerprint density at radius 1 is 1.15 bits per heavy atom. The van der Waals surface area contributed by atoms with E-state index in [2.05, 4.69) is 57.8 Å². The van der Waals surface area contributed by atoms with Crippen LogP contribution >= 0.6 is 0 Å². The monoisotopic (exact) mass is 363 g/mol. The molecule has 5 aliphatic rings. The number of nitrogens with one attached hydrogen (secondary N) is 1. The number of rotatable bonds is 2. The second kappa shape index (κ2) is 5.72. The highest BCUT2D eigenvalue weighted by Gasteiger charge is 2.56. The molecule has 3 aliphatic carbocycles. The third kappa shape index (κ3) is 2.46. The topological polar surface area (TPSA) is 12.0 Å². The van der Waals surface area contributed by atoms with Gasteiger partial charge >= 0.3 is 0 Å². The van der Waals surface area contributed by atoms with Gasteiger partial charge in [0.1, 0.15) is 0 Å². The summed E-state index contributed by atoms with van der Waals surface area (Å²) in [5.74, 6) is 2.31. The van der Waals surface area contributed by atoms with E-state index >= 15 is 0 Å². The van der Waals surface area contributed by atoms with Crippen LogP contribution in [0.25, 0.3) is 0 Å². The van der Waals surface area contributed by atoms with Crippen LogP contribution < -0.4 is 5.32 Å². The van der Waals surface area contributed by atoms with Crippen LogP contribution in [0.3, 0.4) is 0 Å². The predicted octanol–water partition coefficient (Wildman–Crippen LogP) is 6.49. The van der Waals surface area contributed by atoms with Gasteiger partial charge in [-0.25, -0.2) is 0 Å². The lowest BCUT2D eigenvalue weighted by molar-refractivity contribution is 0.106. The second-order valence-electron chi connectivity index (χ2n) is 11.0. The fourth-order valence-corrected chi connectivity index (χ4v) is 7.51. The van der Waals surface area contributed by atoms with Gasteiger partial charge in [-0.2, -0.15) is 0 Å². The maximum atomic E-state index is 4.26. The summed E-state index contributed by atoms with van der Waals surface area (Å²) >= 11 is 0.